The van der Waals surface area contributed by atoms with Crippen molar-refractivity contribution in [3.8, 4) is 17.4 Å². The normalized spacial score (nSPS) is 10.7. The van der Waals surface area contributed by atoms with Crippen LogP contribution in [-0.4, -0.2) is 32.7 Å². The molecule has 1 amide bonds. The van der Waals surface area contributed by atoms with Crippen molar-refractivity contribution in [1.82, 2.24) is 15.3 Å². The first-order valence-corrected chi connectivity index (χ1v) is 7.72. The monoisotopic (exact) mass is 331 g/mol. The lowest BCUT2D eigenvalue weighted by atomic mass is 10.2. The molecule has 2 aromatic rings. The zero-order chi connectivity index (χ0) is 17.7. The molecule has 2 rings (SSSR count). The van der Waals surface area contributed by atoms with Crippen LogP contribution in [0.25, 0.3) is 0 Å². The lowest BCUT2D eigenvalue weighted by molar-refractivity contribution is 0.0941. The minimum atomic E-state index is -0.630. The predicted molar refractivity (Wildman–Crippen MR) is 88.2 cm³/mol. The third kappa shape index (κ3) is 3.92. The molecule has 1 aromatic heterocycles. The number of benzene rings is 1. The van der Waals surface area contributed by atoms with E-state index in [1.807, 2.05) is 45.0 Å². The van der Waals surface area contributed by atoms with Gasteiger partial charge in [0.15, 0.2) is 5.69 Å². The van der Waals surface area contributed by atoms with Crippen LogP contribution in [0.2, 0.25) is 0 Å². The maximum absolute atomic E-state index is 12.3. The van der Waals surface area contributed by atoms with Crippen molar-refractivity contribution < 1.29 is 19.7 Å². The van der Waals surface area contributed by atoms with Crippen LogP contribution in [-0.2, 0) is 6.54 Å². The third-order valence-electron chi connectivity index (χ3n) is 3.33. The summed E-state index contributed by atoms with van der Waals surface area (Å²) in [5.41, 5.74) is 0.551. The van der Waals surface area contributed by atoms with Gasteiger partial charge in [-0.05, 0) is 13.0 Å². The molecule has 0 saturated heterocycles. The summed E-state index contributed by atoms with van der Waals surface area (Å²) in [6, 6.07) is 7.34. The lowest BCUT2D eigenvalue weighted by Crippen LogP contribution is -2.25. The first kappa shape index (κ1) is 17.5. The highest BCUT2D eigenvalue weighted by atomic mass is 16.5. The zero-order valence-electron chi connectivity index (χ0n) is 13.9. The molecule has 0 aliphatic rings. The zero-order valence-corrected chi connectivity index (χ0v) is 13.9. The number of nitrogens with zero attached hydrogens (tertiary/aromatic N) is 2. The molecule has 1 aromatic carbocycles. The van der Waals surface area contributed by atoms with Gasteiger partial charge in [-0.15, -0.1) is 0 Å². The van der Waals surface area contributed by atoms with E-state index < -0.39 is 17.5 Å². The van der Waals surface area contributed by atoms with Gasteiger partial charge in [0.05, 0.1) is 6.61 Å². The Morgan fingerprint density at radius 1 is 1.25 bits per heavy atom. The third-order valence-corrected chi connectivity index (χ3v) is 3.33. The average molecular weight is 331 g/mol. The minimum Gasteiger partial charge on any atom is -0.501 e. The molecule has 0 unspecified atom stereocenters. The van der Waals surface area contributed by atoms with Crippen molar-refractivity contribution in [3.05, 3.63) is 41.3 Å². The highest BCUT2D eigenvalue weighted by Crippen LogP contribution is 2.27. The van der Waals surface area contributed by atoms with Gasteiger partial charge in [0.2, 0.25) is 5.75 Å². The number of ether oxygens (including phenoxy) is 1. The van der Waals surface area contributed by atoms with Gasteiger partial charge in [-0.3, -0.25) is 4.79 Å². The maximum Gasteiger partial charge on any atom is 0.274 e. The van der Waals surface area contributed by atoms with Crippen LogP contribution < -0.4 is 10.1 Å². The van der Waals surface area contributed by atoms with E-state index in [0.717, 1.165) is 5.56 Å². The number of aromatic hydroxyl groups is 2. The van der Waals surface area contributed by atoms with Crippen molar-refractivity contribution in [2.75, 3.05) is 6.61 Å². The van der Waals surface area contributed by atoms with Gasteiger partial charge >= 0.3 is 0 Å². The fraction of sp³-hybridized carbons (Fsp3) is 0.353. The average Bonchev–Trinajstić information content (AvgIpc) is 2.56. The van der Waals surface area contributed by atoms with E-state index in [0.29, 0.717) is 12.4 Å². The Morgan fingerprint density at radius 2 is 1.96 bits per heavy atom. The van der Waals surface area contributed by atoms with Crippen molar-refractivity contribution in [1.29, 1.82) is 0 Å². The molecule has 0 radical (unpaired) electrons. The molecule has 7 heteroatoms. The van der Waals surface area contributed by atoms with Crippen LogP contribution in [0.15, 0.2) is 24.3 Å². The van der Waals surface area contributed by atoms with Crippen molar-refractivity contribution in [2.24, 2.45) is 0 Å². The van der Waals surface area contributed by atoms with Crippen LogP contribution in [0.1, 0.15) is 48.6 Å². The molecule has 1 heterocycles. The van der Waals surface area contributed by atoms with Gasteiger partial charge in [-0.2, -0.15) is 4.98 Å². The highest BCUT2D eigenvalue weighted by molar-refractivity contribution is 5.95. The molecule has 0 aliphatic carbocycles. The van der Waals surface area contributed by atoms with Crippen molar-refractivity contribution >= 4 is 5.91 Å². The summed E-state index contributed by atoms with van der Waals surface area (Å²) >= 11 is 0. The van der Waals surface area contributed by atoms with E-state index in [-0.39, 0.29) is 24.0 Å². The summed E-state index contributed by atoms with van der Waals surface area (Å²) in [7, 11) is 0. The number of aromatic nitrogens is 2. The Morgan fingerprint density at radius 3 is 2.62 bits per heavy atom. The summed E-state index contributed by atoms with van der Waals surface area (Å²) in [6.07, 6.45) is 0. The van der Waals surface area contributed by atoms with E-state index in [2.05, 4.69) is 15.3 Å². The molecule has 7 nitrogen and oxygen atoms in total. The summed E-state index contributed by atoms with van der Waals surface area (Å²) in [4.78, 5) is 20.1. The largest absolute Gasteiger partial charge is 0.501 e. The Bertz CT molecular complexity index is 732. The number of rotatable bonds is 6. The number of amides is 1. The summed E-state index contributed by atoms with van der Waals surface area (Å²) in [6.45, 7) is 6.25. The van der Waals surface area contributed by atoms with Gasteiger partial charge in [0, 0.05) is 18.0 Å². The minimum absolute atomic E-state index is 0.0956. The van der Waals surface area contributed by atoms with Gasteiger partial charge in [-0.1, -0.05) is 32.0 Å². The molecule has 0 atom stereocenters. The van der Waals surface area contributed by atoms with E-state index >= 15 is 0 Å². The van der Waals surface area contributed by atoms with E-state index in [1.54, 1.807) is 0 Å². The summed E-state index contributed by atoms with van der Waals surface area (Å²) in [5.74, 6) is -0.966. The number of hydrogen-bond acceptors (Lipinski definition) is 6. The quantitative estimate of drug-likeness (QED) is 0.750. The lowest BCUT2D eigenvalue weighted by Gasteiger charge is -2.12. The molecule has 0 bridgehead atoms. The van der Waals surface area contributed by atoms with Gasteiger partial charge in [-0.25, -0.2) is 4.98 Å². The molecule has 0 saturated carbocycles. The predicted octanol–water partition coefficient (Wildman–Crippen LogP) is 2.34. The first-order valence-electron chi connectivity index (χ1n) is 7.72. The van der Waals surface area contributed by atoms with Crippen LogP contribution in [0, 0.1) is 0 Å². The molecule has 3 N–H and O–H groups in total. The van der Waals surface area contributed by atoms with Gasteiger partial charge in [0.1, 0.15) is 11.6 Å². The molecule has 0 aliphatic heterocycles. The van der Waals surface area contributed by atoms with Gasteiger partial charge < -0.3 is 20.3 Å². The summed E-state index contributed by atoms with van der Waals surface area (Å²) < 4.78 is 5.50. The number of hydrogen-bond donors (Lipinski definition) is 3. The maximum atomic E-state index is 12.3. The molecule has 128 valence electrons. The fourth-order valence-corrected chi connectivity index (χ4v) is 2.08. The molecular formula is C17H21N3O4. The highest BCUT2D eigenvalue weighted by Gasteiger charge is 2.20. The van der Waals surface area contributed by atoms with E-state index in [9.17, 15) is 15.0 Å². The molecular weight excluding hydrogens is 310 g/mol. The van der Waals surface area contributed by atoms with Crippen LogP contribution in [0.5, 0.6) is 17.4 Å². The van der Waals surface area contributed by atoms with Crippen molar-refractivity contribution in [2.45, 2.75) is 33.2 Å². The molecule has 0 spiro atoms. The Kier molecular flexibility index (Phi) is 5.57. The van der Waals surface area contributed by atoms with Crippen LogP contribution in [0.4, 0.5) is 0 Å². The standard InChI is InChI=1S/C17H21N3O4/c1-4-24-12-8-6-5-7-11(12)9-18-16(22)13-14(21)17(23)20-15(19-13)10(2)3/h5-8,10,21H,4,9H2,1-3H3,(H,18,22)(H,19,20,23). The Balaban J connectivity index is 2.19. The van der Waals surface area contributed by atoms with Crippen LogP contribution >= 0.6 is 0 Å². The smallest absolute Gasteiger partial charge is 0.274 e. The van der Waals surface area contributed by atoms with Crippen molar-refractivity contribution in [3.63, 3.8) is 0 Å². The number of carbonyl (C=O) groups is 1. The second-order valence-corrected chi connectivity index (χ2v) is 5.48. The first-order chi connectivity index (χ1) is 11.4. The Labute approximate surface area is 140 Å². The molecule has 0 fully saturated rings. The Hall–Kier alpha value is -2.83. The summed E-state index contributed by atoms with van der Waals surface area (Å²) in [5, 5.41) is 22.2. The second kappa shape index (κ2) is 7.63. The van der Waals surface area contributed by atoms with Gasteiger partial charge in [0.25, 0.3) is 11.8 Å². The SMILES string of the molecule is CCOc1ccccc1CNC(=O)c1nc(C(C)C)nc(O)c1O. The van der Waals surface area contributed by atoms with Crippen LogP contribution in [0.3, 0.4) is 0 Å². The molecule has 24 heavy (non-hydrogen) atoms. The number of nitrogens with one attached hydrogen (secondary N) is 1. The number of para-hydroxylation sites is 1. The van der Waals surface area contributed by atoms with E-state index in [1.165, 1.54) is 0 Å². The topological polar surface area (TPSA) is 105 Å². The number of carbonyl (C=O) groups excluding carboxylic acids is 1. The van der Waals surface area contributed by atoms with E-state index in [4.69, 9.17) is 4.74 Å². The second-order valence-electron chi connectivity index (χ2n) is 5.48. The fourth-order valence-electron chi connectivity index (χ4n) is 2.08.